The summed E-state index contributed by atoms with van der Waals surface area (Å²) in [6.07, 6.45) is 0.115. The van der Waals surface area contributed by atoms with Crippen LogP contribution in [0.25, 0.3) is 10.9 Å². The first-order valence-electron chi connectivity index (χ1n) is 10.0. The van der Waals surface area contributed by atoms with Crippen LogP contribution in [0.3, 0.4) is 0 Å². The molecule has 162 valence electrons. The van der Waals surface area contributed by atoms with E-state index in [9.17, 15) is 13.5 Å². The quantitative estimate of drug-likeness (QED) is 0.346. The van der Waals surface area contributed by atoms with Crippen molar-refractivity contribution in [1.29, 1.82) is 0 Å². The van der Waals surface area contributed by atoms with E-state index in [-0.39, 0.29) is 5.75 Å². The third-order valence-electron chi connectivity index (χ3n) is 4.76. The van der Waals surface area contributed by atoms with Gasteiger partial charge in [-0.25, -0.2) is 8.42 Å². The summed E-state index contributed by atoms with van der Waals surface area (Å²) in [5.41, 5.74) is 3.07. The molecule has 30 heavy (non-hydrogen) atoms. The Labute approximate surface area is 176 Å². The van der Waals surface area contributed by atoms with E-state index < -0.39 is 16.1 Å². The molecule has 0 aliphatic heterocycles. The molecule has 9 heteroatoms. The number of aliphatic hydroxyl groups is 1. The van der Waals surface area contributed by atoms with Crippen LogP contribution in [0.2, 0.25) is 0 Å². The Kier molecular flexibility index (Phi) is 7.30. The zero-order chi connectivity index (χ0) is 21.6. The van der Waals surface area contributed by atoms with Crippen molar-refractivity contribution >= 4 is 26.6 Å². The molecule has 0 unspecified atom stereocenters. The van der Waals surface area contributed by atoms with Gasteiger partial charge in [0, 0.05) is 30.2 Å². The summed E-state index contributed by atoms with van der Waals surface area (Å²) in [6.45, 7) is 4.97. The zero-order valence-corrected chi connectivity index (χ0v) is 18.0. The number of hydrogen-bond donors (Lipinski definition) is 4. The van der Waals surface area contributed by atoms with Gasteiger partial charge in [0.15, 0.2) is 0 Å². The molecule has 1 heterocycles. The van der Waals surface area contributed by atoms with Crippen LogP contribution >= 0.6 is 0 Å². The van der Waals surface area contributed by atoms with E-state index in [4.69, 9.17) is 4.74 Å². The fourth-order valence-electron chi connectivity index (χ4n) is 3.07. The molecule has 1 aromatic heterocycles. The second-order valence-electron chi connectivity index (χ2n) is 6.93. The molecule has 0 spiro atoms. The standard InChI is InChI=1S/C21H28N4O4S/c1-3-19-18-9-8-17(13-20(18)24-23-19)29-11-10-22-14-21(26)15-6-5-7-16(12-15)25-30(27,28)4-2/h5-9,12-13,21-22,25-26H,3-4,10-11,14H2,1-2H3,(H,23,24)/t21-/m0/s1. The molecule has 0 saturated heterocycles. The summed E-state index contributed by atoms with van der Waals surface area (Å²) in [5.74, 6) is 0.751. The summed E-state index contributed by atoms with van der Waals surface area (Å²) in [5, 5.41) is 21.9. The van der Waals surface area contributed by atoms with Gasteiger partial charge in [-0.1, -0.05) is 19.1 Å². The lowest BCUT2D eigenvalue weighted by molar-refractivity contribution is 0.172. The minimum Gasteiger partial charge on any atom is -0.492 e. The van der Waals surface area contributed by atoms with Gasteiger partial charge in [0.05, 0.1) is 23.1 Å². The maximum absolute atomic E-state index is 11.7. The first-order valence-corrected chi connectivity index (χ1v) is 11.7. The third kappa shape index (κ3) is 5.71. The van der Waals surface area contributed by atoms with Gasteiger partial charge in [0.1, 0.15) is 12.4 Å². The highest BCUT2D eigenvalue weighted by Crippen LogP contribution is 2.22. The molecule has 1 atom stereocenters. The van der Waals surface area contributed by atoms with E-state index in [1.54, 1.807) is 31.2 Å². The van der Waals surface area contributed by atoms with Gasteiger partial charge >= 0.3 is 0 Å². The predicted octanol–water partition coefficient (Wildman–Crippen LogP) is 2.59. The smallest absolute Gasteiger partial charge is 0.232 e. The molecule has 0 radical (unpaired) electrons. The molecule has 0 bridgehead atoms. The number of rotatable bonds is 11. The Bertz CT molecular complexity index is 1080. The van der Waals surface area contributed by atoms with Crippen LogP contribution in [-0.2, 0) is 16.4 Å². The van der Waals surface area contributed by atoms with Gasteiger partial charge < -0.3 is 15.2 Å². The Morgan fingerprint density at radius 3 is 2.80 bits per heavy atom. The fraction of sp³-hybridized carbons (Fsp3) is 0.381. The largest absolute Gasteiger partial charge is 0.492 e. The van der Waals surface area contributed by atoms with Gasteiger partial charge in [0.25, 0.3) is 0 Å². The minimum atomic E-state index is -3.35. The number of benzene rings is 2. The summed E-state index contributed by atoms with van der Waals surface area (Å²) >= 11 is 0. The van der Waals surface area contributed by atoms with Crippen LogP contribution in [0.1, 0.15) is 31.2 Å². The molecule has 3 rings (SSSR count). The molecular weight excluding hydrogens is 404 g/mol. The highest BCUT2D eigenvalue weighted by atomic mass is 32.2. The van der Waals surface area contributed by atoms with Crippen molar-refractivity contribution in [2.24, 2.45) is 0 Å². The SMILES string of the molecule is CCc1n[nH]c2cc(OCCNC[C@H](O)c3cccc(NS(=O)(=O)CC)c3)ccc12. The first-order chi connectivity index (χ1) is 14.4. The van der Waals surface area contributed by atoms with Gasteiger partial charge in [-0.3, -0.25) is 9.82 Å². The highest BCUT2D eigenvalue weighted by Gasteiger charge is 2.11. The number of aromatic nitrogens is 2. The number of H-pyrrole nitrogens is 1. The Morgan fingerprint density at radius 1 is 1.20 bits per heavy atom. The van der Waals surface area contributed by atoms with Crippen LogP contribution in [0.5, 0.6) is 5.75 Å². The van der Waals surface area contributed by atoms with Crippen molar-refractivity contribution in [3.8, 4) is 5.75 Å². The van der Waals surface area contributed by atoms with Gasteiger partial charge in [-0.2, -0.15) is 5.10 Å². The van der Waals surface area contributed by atoms with E-state index in [0.717, 1.165) is 28.8 Å². The van der Waals surface area contributed by atoms with Crippen molar-refractivity contribution in [3.63, 3.8) is 0 Å². The number of nitrogens with one attached hydrogen (secondary N) is 3. The predicted molar refractivity (Wildman–Crippen MR) is 118 cm³/mol. The molecule has 3 aromatic rings. The van der Waals surface area contributed by atoms with Crippen molar-refractivity contribution < 1.29 is 18.3 Å². The number of hydrogen-bond acceptors (Lipinski definition) is 6. The van der Waals surface area contributed by atoms with Gasteiger partial charge in [-0.15, -0.1) is 0 Å². The van der Waals surface area contributed by atoms with Crippen LogP contribution in [0.4, 0.5) is 5.69 Å². The second-order valence-corrected chi connectivity index (χ2v) is 8.94. The summed E-state index contributed by atoms with van der Waals surface area (Å²) < 4.78 is 31.6. The Hall–Kier alpha value is -2.62. The molecule has 8 nitrogen and oxygen atoms in total. The lowest BCUT2D eigenvalue weighted by atomic mass is 10.1. The number of sulfonamides is 1. The normalized spacial score (nSPS) is 12.8. The molecule has 0 aliphatic carbocycles. The van der Waals surface area contributed by atoms with E-state index >= 15 is 0 Å². The number of aryl methyl sites for hydroxylation is 1. The summed E-state index contributed by atoms with van der Waals surface area (Å²) in [7, 11) is -3.35. The highest BCUT2D eigenvalue weighted by molar-refractivity contribution is 7.92. The van der Waals surface area contributed by atoms with E-state index in [1.165, 1.54) is 0 Å². The topological polar surface area (TPSA) is 116 Å². The van der Waals surface area contributed by atoms with Gasteiger partial charge in [0.2, 0.25) is 10.0 Å². The maximum Gasteiger partial charge on any atom is 0.232 e. The van der Waals surface area contributed by atoms with E-state index in [0.29, 0.717) is 30.9 Å². The number of nitrogens with zero attached hydrogens (tertiary/aromatic N) is 1. The monoisotopic (exact) mass is 432 g/mol. The molecule has 0 saturated carbocycles. The number of anilines is 1. The Balaban J connectivity index is 1.45. The Morgan fingerprint density at radius 2 is 2.03 bits per heavy atom. The number of ether oxygens (including phenoxy) is 1. The maximum atomic E-state index is 11.7. The molecule has 0 fully saturated rings. The molecule has 2 aromatic carbocycles. The number of fused-ring (bicyclic) bond motifs is 1. The van der Waals surface area contributed by atoms with E-state index in [1.807, 2.05) is 18.2 Å². The number of aliphatic hydroxyl groups excluding tert-OH is 1. The summed E-state index contributed by atoms with van der Waals surface area (Å²) in [4.78, 5) is 0. The van der Waals surface area contributed by atoms with Crippen molar-refractivity contribution in [3.05, 3.63) is 53.7 Å². The fourth-order valence-corrected chi connectivity index (χ4v) is 3.70. The number of aromatic amines is 1. The van der Waals surface area contributed by atoms with Crippen molar-refractivity contribution in [1.82, 2.24) is 15.5 Å². The summed E-state index contributed by atoms with van der Waals surface area (Å²) in [6, 6.07) is 12.6. The van der Waals surface area contributed by atoms with Crippen LogP contribution in [0.15, 0.2) is 42.5 Å². The molecule has 0 amide bonds. The minimum absolute atomic E-state index is 0.00555. The van der Waals surface area contributed by atoms with Crippen molar-refractivity contribution in [2.45, 2.75) is 26.4 Å². The lowest BCUT2D eigenvalue weighted by Gasteiger charge is -2.14. The average molecular weight is 433 g/mol. The molecule has 0 aliphatic rings. The van der Waals surface area contributed by atoms with Gasteiger partial charge in [-0.05, 0) is 43.2 Å². The average Bonchev–Trinajstić information content (AvgIpc) is 3.15. The third-order valence-corrected chi connectivity index (χ3v) is 6.06. The molecular formula is C21H28N4O4S. The second kappa shape index (κ2) is 9.92. The van der Waals surface area contributed by atoms with Crippen LogP contribution in [0, 0.1) is 0 Å². The lowest BCUT2D eigenvalue weighted by Crippen LogP contribution is -2.26. The van der Waals surface area contributed by atoms with Crippen LogP contribution in [-0.4, -0.2) is 49.2 Å². The van der Waals surface area contributed by atoms with Crippen molar-refractivity contribution in [2.75, 3.05) is 30.2 Å². The zero-order valence-electron chi connectivity index (χ0n) is 17.2. The van der Waals surface area contributed by atoms with E-state index in [2.05, 4.69) is 27.2 Å². The molecule has 4 N–H and O–H groups in total. The first kappa shape index (κ1) is 22.1. The van der Waals surface area contributed by atoms with Crippen LogP contribution < -0.4 is 14.8 Å².